The van der Waals surface area contributed by atoms with Crippen LogP contribution in [0.1, 0.15) is 11.1 Å². The van der Waals surface area contributed by atoms with Crippen molar-refractivity contribution >= 4 is 60.5 Å². The summed E-state index contributed by atoms with van der Waals surface area (Å²) < 4.78 is 28.6. The van der Waals surface area contributed by atoms with Gasteiger partial charge in [0.1, 0.15) is 13.6 Å². The van der Waals surface area contributed by atoms with Gasteiger partial charge < -0.3 is 0 Å². The molecular formula is C13H10BrCl2NO2S2. The largest absolute Gasteiger partial charge is 0.244 e. The highest BCUT2D eigenvalue weighted by Crippen LogP contribution is 2.43. The Labute approximate surface area is 145 Å². The summed E-state index contributed by atoms with van der Waals surface area (Å²) in [5.74, 6) is 0. The van der Waals surface area contributed by atoms with Crippen LogP contribution in [0.2, 0.25) is 8.67 Å². The summed E-state index contributed by atoms with van der Waals surface area (Å²) >= 11 is 16.1. The van der Waals surface area contributed by atoms with Gasteiger partial charge in [-0.25, -0.2) is 13.1 Å². The number of thiophene rings is 1. The van der Waals surface area contributed by atoms with E-state index in [1.807, 2.05) is 24.3 Å². The van der Waals surface area contributed by atoms with Crippen molar-refractivity contribution in [2.75, 3.05) is 0 Å². The monoisotopic (exact) mass is 425 g/mol. The van der Waals surface area contributed by atoms with E-state index in [4.69, 9.17) is 23.2 Å². The Morgan fingerprint density at radius 3 is 2.19 bits per heavy atom. The maximum Gasteiger partial charge on any atom is 0.244 e. The molecule has 1 heterocycles. The van der Waals surface area contributed by atoms with Crippen LogP contribution in [0.25, 0.3) is 0 Å². The molecule has 0 amide bonds. The molecule has 0 saturated heterocycles. The van der Waals surface area contributed by atoms with Gasteiger partial charge in [-0.1, -0.05) is 47.5 Å². The topological polar surface area (TPSA) is 46.2 Å². The van der Waals surface area contributed by atoms with Gasteiger partial charge in [0.05, 0.1) is 4.47 Å². The lowest BCUT2D eigenvalue weighted by Gasteiger charge is -2.12. The van der Waals surface area contributed by atoms with E-state index in [9.17, 15) is 8.42 Å². The molecule has 1 aromatic heterocycles. The normalized spacial score (nSPS) is 15.4. The minimum Gasteiger partial charge on any atom is -0.207 e. The minimum atomic E-state index is -3.70. The second kappa shape index (κ2) is 5.83. The summed E-state index contributed by atoms with van der Waals surface area (Å²) in [6, 6.07) is 7.81. The summed E-state index contributed by atoms with van der Waals surface area (Å²) in [4.78, 5) is 0.0233. The van der Waals surface area contributed by atoms with Crippen molar-refractivity contribution in [3.05, 3.63) is 48.5 Å². The fraction of sp³-hybridized carbons (Fsp3) is 0.231. The van der Waals surface area contributed by atoms with E-state index >= 15 is 0 Å². The van der Waals surface area contributed by atoms with Gasteiger partial charge in [-0.2, -0.15) is 0 Å². The number of sulfonamides is 1. The maximum atomic E-state index is 12.5. The van der Waals surface area contributed by atoms with Crippen molar-refractivity contribution in [1.82, 2.24) is 4.72 Å². The van der Waals surface area contributed by atoms with E-state index in [-0.39, 0.29) is 15.3 Å². The first-order chi connectivity index (χ1) is 9.88. The molecule has 3 nitrogen and oxygen atoms in total. The van der Waals surface area contributed by atoms with Crippen molar-refractivity contribution < 1.29 is 8.42 Å². The van der Waals surface area contributed by atoms with Crippen LogP contribution in [0, 0.1) is 0 Å². The van der Waals surface area contributed by atoms with Gasteiger partial charge in [0, 0.05) is 6.04 Å². The molecule has 1 aliphatic rings. The molecular weight excluding hydrogens is 417 g/mol. The second-order valence-electron chi connectivity index (χ2n) is 4.79. The molecule has 21 heavy (non-hydrogen) atoms. The van der Waals surface area contributed by atoms with Crippen LogP contribution in [-0.2, 0) is 22.9 Å². The van der Waals surface area contributed by atoms with Crippen LogP contribution in [0.4, 0.5) is 0 Å². The zero-order valence-electron chi connectivity index (χ0n) is 10.6. The van der Waals surface area contributed by atoms with E-state index in [1.165, 1.54) is 11.1 Å². The van der Waals surface area contributed by atoms with E-state index in [0.717, 1.165) is 11.3 Å². The van der Waals surface area contributed by atoms with Gasteiger partial charge in [-0.3, -0.25) is 0 Å². The smallest absolute Gasteiger partial charge is 0.207 e. The Morgan fingerprint density at radius 2 is 1.71 bits per heavy atom. The van der Waals surface area contributed by atoms with Crippen molar-refractivity contribution in [3.8, 4) is 0 Å². The zero-order chi connectivity index (χ0) is 15.2. The highest BCUT2D eigenvalue weighted by Gasteiger charge is 2.31. The fourth-order valence-corrected chi connectivity index (χ4v) is 7.28. The summed E-state index contributed by atoms with van der Waals surface area (Å²) in [5, 5.41) is 0. The van der Waals surface area contributed by atoms with E-state index in [0.29, 0.717) is 21.7 Å². The van der Waals surface area contributed by atoms with E-state index < -0.39 is 10.0 Å². The molecule has 0 atom stereocenters. The Morgan fingerprint density at radius 1 is 1.14 bits per heavy atom. The fourth-order valence-electron chi connectivity index (χ4n) is 2.49. The van der Waals surface area contributed by atoms with Gasteiger partial charge in [-0.15, -0.1) is 11.3 Å². The molecule has 112 valence electrons. The first-order valence-electron chi connectivity index (χ1n) is 6.11. The lowest BCUT2D eigenvalue weighted by atomic mass is 10.1. The average molecular weight is 427 g/mol. The molecule has 0 aliphatic heterocycles. The molecule has 1 N–H and O–H groups in total. The molecule has 1 aliphatic carbocycles. The number of nitrogens with one attached hydrogen (secondary N) is 1. The SMILES string of the molecule is O=S(=O)(NC1Cc2ccccc2C1)c1c(Cl)sc(Cl)c1Br. The van der Waals surface area contributed by atoms with E-state index in [2.05, 4.69) is 20.7 Å². The number of hydrogen-bond donors (Lipinski definition) is 1. The third-order valence-corrected chi connectivity index (χ3v) is 8.36. The van der Waals surface area contributed by atoms with E-state index in [1.54, 1.807) is 0 Å². The standard InChI is InChI=1S/C13H10BrCl2NO2S2/c14-10-11(13(16)20-12(10)15)21(18,19)17-9-5-7-3-1-2-4-8(7)6-9/h1-4,9,17H,5-6H2. The highest BCUT2D eigenvalue weighted by atomic mass is 79.9. The highest BCUT2D eigenvalue weighted by molar-refractivity contribution is 9.10. The van der Waals surface area contributed by atoms with Crippen molar-refractivity contribution in [1.29, 1.82) is 0 Å². The quantitative estimate of drug-likeness (QED) is 0.796. The van der Waals surface area contributed by atoms with Crippen molar-refractivity contribution in [3.63, 3.8) is 0 Å². The lowest BCUT2D eigenvalue weighted by Crippen LogP contribution is -2.35. The van der Waals surface area contributed by atoms with Gasteiger partial charge in [-0.05, 0) is 39.9 Å². The van der Waals surface area contributed by atoms with Crippen molar-refractivity contribution in [2.24, 2.45) is 0 Å². The Balaban J connectivity index is 1.86. The first kappa shape index (κ1) is 15.8. The Bertz CT molecular complexity index is 779. The maximum absolute atomic E-state index is 12.5. The number of benzene rings is 1. The molecule has 0 unspecified atom stereocenters. The average Bonchev–Trinajstić information content (AvgIpc) is 2.89. The minimum absolute atomic E-state index is 0.0233. The Hall–Kier alpha value is -0.110. The predicted octanol–water partition coefficient (Wildman–Crippen LogP) is 4.26. The number of hydrogen-bond acceptors (Lipinski definition) is 3. The second-order valence-corrected chi connectivity index (χ2v) is 9.46. The number of fused-ring (bicyclic) bond motifs is 1. The third kappa shape index (κ3) is 3.02. The molecule has 0 saturated carbocycles. The number of rotatable bonds is 3. The molecule has 8 heteroatoms. The van der Waals surface area contributed by atoms with Crippen LogP contribution in [0.3, 0.4) is 0 Å². The summed E-state index contributed by atoms with van der Waals surface area (Å²) in [6.07, 6.45) is 1.37. The van der Waals surface area contributed by atoms with Crippen LogP contribution < -0.4 is 4.72 Å². The summed E-state index contributed by atoms with van der Waals surface area (Å²) in [6.45, 7) is 0. The predicted molar refractivity (Wildman–Crippen MR) is 90.0 cm³/mol. The van der Waals surface area contributed by atoms with Crippen molar-refractivity contribution in [2.45, 2.75) is 23.8 Å². The first-order valence-corrected chi connectivity index (χ1v) is 9.95. The Kier molecular flexibility index (Phi) is 4.38. The summed E-state index contributed by atoms with van der Waals surface area (Å²) in [7, 11) is -3.70. The molecule has 2 aromatic rings. The van der Waals surface area contributed by atoms with Gasteiger partial charge >= 0.3 is 0 Å². The van der Waals surface area contributed by atoms with Gasteiger partial charge in [0.2, 0.25) is 10.0 Å². The van der Waals surface area contributed by atoms with Gasteiger partial charge in [0.15, 0.2) is 0 Å². The molecule has 3 rings (SSSR count). The van der Waals surface area contributed by atoms with Crippen LogP contribution in [-0.4, -0.2) is 14.5 Å². The van der Waals surface area contributed by atoms with Crippen LogP contribution >= 0.6 is 50.5 Å². The third-order valence-electron chi connectivity index (χ3n) is 3.37. The molecule has 1 aromatic carbocycles. The molecule has 0 spiro atoms. The van der Waals surface area contributed by atoms with Gasteiger partial charge in [0.25, 0.3) is 0 Å². The van der Waals surface area contributed by atoms with Crippen LogP contribution in [0.5, 0.6) is 0 Å². The molecule has 0 bridgehead atoms. The molecule has 0 radical (unpaired) electrons. The zero-order valence-corrected chi connectivity index (χ0v) is 15.3. The van der Waals surface area contributed by atoms with Crippen LogP contribution in [0.15, 0.2) is 33.6 Å². The number of halogens is 3. The summed E-state index contributed by atoms with van der Waals surface area (Å²) in [5.41, 5.74) is 2.36. The lowest BCUT2D eigenvalue weighted by molar-refractivity contribution is 0.555. The molecule has 0 fully saturated rings.